The van der Waals surface area contributed by atoms with Crippen LogP contribution in [0.3, 0.4) is 0 Å². The summed E-state index contributed by atoms with van der Waals surface area (Å²) in [6, 6.07) is 8.79. The van der Waals surface area contributed by atoms with Crippen LogP contribution in [0, 0.1) is 34.5 Å². The van der Waals surface area contributed by atoms with Gasteiger partial charge in [-0.3, -0.25) is 18.5 Å². The van der Waals surface area contributed by atoms with Crippen LogP contribution >= 0.6 is 11.6 Å². The molecule has 6 aromatic rings. The predicted octanol–water partition coefficient (Wildman–Crippen LogP) is 12.5. The van der Waals surface area contributed by atoms with Gasteiger partial charge in [-0.25, -0.2) is 19.9 Å². The van der Waals surface area contributed by atoms with Crippen LogP contribution in [0.15, 0.2) is 62.0 Å². The molecule has 1 aliphatic heterocycles. The van der Waals surface area contributed by atoms with Crippen molar-refractivity contribution < 1.29 is 28.3 Å². The maximum atomic E-state index is 9.33. The first-order valence-electron chi connectivity index (χ1n) is 24.8. The topological polar surface area (TPSA) is 200 Å². The van der Waals surface area contributed by atoms with Crippen LogP contribution in [0.2, 0.25) is 5.15 Å². The van der Waals surface area contributed by atoms with Gasteiger partial charge < -0.3 is 28.3 Å². The van der Waals surface area contributed by atoms with E-state index in [0.717, 1.165) is 33.1 Å². The highest BCUT2D eigenvalue weighted by Crippen LogP contribution is 2.39. The Morgan fingerprint density at radius 2 is 1.08 bits per heavy atom. The van der Waals surface area contributed by atoms with Crippen molar-refractivity contribution in [3.05, 3.63) is 67.1 Å². The number of aromatic nitrogens is 10. The predicted molar refractivity (Wildman–Crippen MR) is 293 cm³/mol. The Labute approximate surface area is 446 Å². The van der Waals surface area contributed by atoms with Gasteiger partial charge in [0.05, 0.1) is 65.5 Å². The van der Waals surface area contributed by atoms with Crippen molar-refractivity contribution >= 4 is 46.2 Å². The minimum Gasteiger partial charge on any atom is -0.399 e. The van der Waals surface area contributed by atoms with Crippen LogP contribution in [0.1, 0.15) is 174 Å². The Hall–Kier alpha value is -5.25. The fourth-order valence-electron chi connectivity index (χ4n) is 9.57. The van der Waals surface area contributed by atoms with Gasteiger partial charge >= 0.3 is 7.12 Å². The summed E-state index contributed by atoms with van der Waals surface area (Å²) in [5.41, 5.74) is 3.43. The molecule has 18 nitrogen and oxygen atoms in total. The zero-order valence-electron chi connectivity index (χ0n) is 41.9. The smallest absolute Gasteiger partial charge is 0.399 e. The Kier molecular flexibility index (Phi) is 24.8. The van der Waals surface area contributed by atoms with E-state index in [2.05, 4.69) is 70.0 Å². The lowest BCUT2D eigenvalue weighted by atomic mass is 9.82. The largest absolute Gasteiger partial charge is 0.498 e. The monoisotopic (exact) mass is 1040 g/mol. The van der Waals surface area contributed by atoms with Crippen LogP contribution in [-0.4, -0.2) is 93.4 Å². The van der Waals surface area contributed by atoms with Gasteiger partial charge in [0.2, 0.25) is 12.8 Å². The molecule has 20 heteroatoms. The normalized spacial score (nSPS) is 16.7. The summed E-state index contributed by atoms with van der Waals surface area (Å²) < 4.78 is 42.3. The fourth-order valence-corrected chi connectivity index (χ4v) is 9.76. The molecule has 0 spiro atoms. The summed E-state index contributed by atoms with van der Waals surface area (Å²) in [7, 11) is -0.389. The van der Waals surface area contributed by atoms with Gasteiger partial charge in [-0.2, -0.15) is 20.7 Å². The molecule has 3 fully saturated rings. The van der Waals surface area contributed by atoms with E-state index in [1.165, 1.54) is 57.7 Å². The molecule has 2 atom stereocenters. The van der Waals surface area contributed by atoms with Gasteiger partial charge in [-0.1, -0.05) is 67.0 Å². The van der Waals surface area contributed by atoms with Crippen LogP contribution in [0.4, 0.5) is 0 Å². The van der Waals surface area contributed by atoms with Crippen LogP contribution < -0.4 is 5.46 Å². The SMILES string of the molecule is C.C.C.C.CC1(C)OB(c2cnn([C@@H](CC#N)C3CCCC3)c2)OC1(C)C.CCOC(OCC)n1ccc2c(-c3cnn([C@@H](CC#N)C4CCCC4)c3)ncnc21.CCOC(OCC)n1ccc2c(Cl)ncnc21. The molecule has 2 aliphatic carbocycles. The molecule has 1 saturated heterocycles. The average molecular weight is 1040 g/mol. The van der Waals surface area contributed by atoms with Gasteiger partial charge in [0.25, 0.3) is 0 Å². The molecule has 2 saturated carbocycles. The highest BCUT2D eigenvalue weighted by molar-refractivity contribution is 6.62. The van der Waals surface area contributed by atoms with E-state index < -0.39 is 12.8 Å². The molecule has 406 valence electrons. The minimum absolute atomic E-state index is 0. The average Bonchev–Trinajstić information content (AvgIpc) is 4.21. The first kappa shape index (κ1) is 63.0. The van der Waals surface area contributed by atoms with E-state index in [1.807, 2.05) is 90.9 Å². The van der Waals surface area contributed by atoms with E-state index in [4.69, 9.17) is 39.9 Å². The molecule has 3 aliphatic rings. The zero-order valence-corrected chi connectivity index (χ0v) is 42.7. The van der Waals surface area contributed by atoms with Gasteiger partial charge in [-0.05, 0) is 105 Å². The second kappa shape index (κ2) is 29.2. The number of halogens is 1. The maximum Gasteiger partial charge on any atom is 0.498 e. The molecule has 6 aromatic heterocycles. The first-order valence-corrected chi connectivity index (χ1v) is 25.2. The van der Waals surface area contributed by atoms with E-state index in [1.54, 1.807) is 10.9 Å². The molecule has 74 heavy (non-hydrogen) atoms. The van der Waals surface area contributed by atoms with Crippen molar-refractivity contribution in [1.82, 2.24) is 48.6 Å². The number of hydrogen-bond acceptors (Lipinski definition) is 14. The van der Waals surface area contributed by atoms with E-state index in [-0.39, 0.29) is 60.1 Å². The second-order valence-electron chi connectivity index (χ2n) is 18.7. The standard InChI is InChI=1S/C22H28N6O2.C17H26BN3O2.C11H14ClN3O2.4CH4/c1-3-29-22(30-4-2)27-12-10-18-20(24-15-25-21(18)27)17-13-26-28(14-17)19(9-11-23)16-7-5-6-8-16;1-16(2)17(3,4)23-18(22-16)14-11-20-21(12-14)15(9-10-19)13-7-5-6-8-13;1-3-16-11(17-4-2)15-6-5-8-9(12)13-7-14-10(8)15;;;;/h10,12-16,19,22H,3-9H2,1-2H3;11-13,15H,5-9H2,1-4H3;5-7,11H,3-4H2,1-2H3;4*1H4/t19-;15-;;;;;/m00...../s1. The molecule has 9 rings (SSSR count). The van der Waals surface area contributed by atoms with Crippen molar-refractivity contribution in [3.8, 4) is 23.4 Å². The van der Waals surface area contributed by atoms with E-state index >= 15 is 0 Å². The quantitative estimate of drug-likeness (QED) is 0.0447. The third-order valence-corrected chi connectivity index (χ3v) is 14.2. The number of fused-ring (bicyclic) bond motifs is 2. The molecular formula is C54H84BClN12O6. The van der Waals surface area contributed by atoms with Crippen LogP contribution in [0.5, 0.6) is 0 Å². The second-order valence-corrected chi connectivity index (χ2v) is 19.1. The van der Waals surface area contributed by atoms with Gasteiger partial charge in [-0.15, -0.1) is 0 Å². The van der Waals surface area contributed by atoms with Gasteiger partial charge in [0, 0.05) is 73.8 Å². The Morgan fingerprint density at radius 1 is 0.649 bits per heavy atom. The number of hydrogen-bond donors (Lipinski definition) is 0. The highest BCUT2D eigenvalue weighted by atomic mass is 35.5. The lowest BCUT2D eigenvalue weighted by molar-refractivity contribution is -0.184. The summed E-state index contributed by atoms with van der Waals surface area (Å²) in [5, 5.41) is 29.8. The molecule has 0 unspecified atom stereocenters. The Bertz CT molecular complexity index is 2650. The maximum absolute atomic E-state index is 9.33. The minimum atomic E-state index is -0.523. The number of nitrogens with zero attached hydrogens (tertiary/aromatic N) is 12. The molecule has 0 N–H and O–H groups in total. The van der Waals surface area contributed by atoms with Gasteiger partial charge in [0.15, 0.2) is 0 Å². The van der Waals surface area contributed by atoms with Crippen molar-refractivity contribution in [2.24, 2.45) is 11.8 Å². The van der Waals surface area contributed by atoms with Crippen molar-refractivity contribution in [3.63, 3.8) is 0 Å². The van der Waals surface area contributed by atoms with E-state index in [0.29, 0.717) is 61.9 Å². The third-order valence-electron chi connectivity index (χ3n) is 13.9. The fraction of sp³-hybridized carbons (Fsp3) is 0.630. The molecule has 7 heterocycles. The lowest BCUT2D eigenvalue weighted by Gasteiger charge is -2.32. The Morgan fingerprint density at radius 3 is 1.55 bits per heavy atom. The van der Waals surface area contributed by atoms with Crippen molar-refractivity contribution in [1.29, 1.82) is 10.5 Å². The number of rotatable bonds is 18. The summed E-state index contributed by atoms with van der Waals surface area (Å²) >= 11 is 5.98. The van der Waals surface area contributed by atoms with E-state index in [9.17, 15) is 10.5 Å². The molecule has 0 bridgehead atoms. The van der Waals surface area contributed by atoms with Crippen molar-refractivity contribution in [2.45, 2.75) is 185 Å². The number of nitriles is 2. The van der Waals surface area contributed by atoms with Crippen LogP contribution in [-0.2, 0) is 28.3 Å². The summed E-state index contributed by atoms with van der Waals surface area (Å²) in [6.45, 7) is 18.1. The van der Waals surface area contributed by atoms with Crippen LogP contribution in [0.25, 0.3) is 33.3 Å². The summed E-state index contributed by atoms with van der Waals surface area (Å²) in [6.07, 6.45) is 24.1. The summed E-state index contributed by atoms with van der Waals surface area (Å²) in [5.74, 6) is 1.07. The third kappa shape index (κ3) is 14.4. The zero-order chi connectivity index (χ0) is 49.8. The van der Waals surface area contributed by atoms with Crippen molar-refractivity contribution in [2.75, 3.05) is 26.4 Å². The molecular weight excluding hydrogens is 959 g/mol. The molecule has 0 aromatic carbocycles. The van der Waals surface area contributed by atoms with Gasteiger partial charge in [0.1, 0.15) is 29.1 Å². The summed E-state index contributed by atoms with van der Waals surface area (Å²) in [4.78, 5) is 17.1. The molecule has 0 radical (unpaired) electrons. The number of ether oxygens (including phenoxy) is 4. The highest BCUT2D eigenvalue weighted by Gasteiger charge is 2.52. The lowest BCUT2D eigenvalue weighted by Crippen LogP contribution is -2.41. The molecule has 0 amide bonds. The Balaban J connectivity index is 0.000000296. The first-order chi connectivity index (χ1) is 33.9.